The highest BCUT2D eigenvalue weighted by Gasteiger charge is 2.36. The van der Waals surface area contributed by atoms with Gasteiger partial charge in [0.25, 0.3) is 0 Å². The van der Waals surface area contributed by atoms with Crippen LogP contribution < -0.4 is 10.2 Å². The number of aliphatic carboxylic acids is 2. The van der Waals surface area contributed by atoms with Crippen molar-refractivity contribution in [1.29, 1.82) is 0 Å². The van der Waals surface area contributed by atoms with E-state index in [1.807, 2.05) is 30.3 Å². The second kappa shape index (κ2) is 13.4. The summed E-state index contributed by atoms with van der Waals surface area (Å²) in [5.41, 5.74) is 3.98. The summed E-state index contributed by atoms with van der Waals surface area (Å²) in [6.45, 7) is 5.28. The summed E-state index contributed by atoms with van der Waals surface area (Å²) in [5, 5.41) is 20.8. The number of hydrazine groups is 1. The molecule has 3 aromatic carbocycles. The van der Waals surface area contributed by atoms with Gasteiger partial charge in [-0.1, -0.05) is 72.8 Å². The quantitative estimate of drug-likeness (QED) is 0.286. The number of benzene rings is 3. The molecule has 3 rings (SSSR count). The molecule has 0 aliphatic heterocycles. The normalized spacial score (nSPS) is 12.7. The molecule has 0 aliphatic carbocycles. The van der Waals surface area contributed by atoms with Gasteiger partial charge in [-0.3, -0.25) is 4.79 Å². The molecule has 9 heteroatoms. The van der Waals surface area contributed by atoms with Crippen molar-refractivity contribution in [2.45, 2.75) is 57.9 Å². The van der Waals surface area contributed by atoms with Crippen LogP contribution >= 0.6 is 0 Å². The molecule has 0 spiro atoms. The lowest BCUT2D eigenvalue weighted by molar-refractivity contribution is -0.148. The average molecular weight is 535 g/mol. The molecule has 0 aromatic heterocycles. The van der Waals surface area contributed by atoms with Gasteiger partial charge in [0, 0.05) is 12.8 Å². The summed E-state index contributed by atoms with van der Waals surface area (Å²) in [6, 6.07) is 22.6. The molecule has 0 radical (unpaired) electrons. The summed E-state index contributed by atoms with van der Waals surface area (Å²) >= 11 is 0. The van der Waals surface area contributed by atoms with Crippen LogP contribution in [0, 0.1) is 0 Å². The Morgan fingerprint density at radius 1 is 0.795 bits per heavy atom. The van der Waals surface area contributed by atoms with Crippen molar-refractivity contribution in [3.63, 3.8) is 0 Å². The molecule has 0 aliphatic rings. The van der Waals surface area contributed by atoms with Gasteiger partial charge in [0.1, 0.15) is 24.0 Å². The second-order valence-electron chi connectivity index (χ2n) is 10.0. The molecule has 9 nitrogen and oxygen atoms in total. The topological polar surface area (TPSA) is 125 Å². The number of hydrogen-bond donors (Lipinski definition) is 3. The molecule has 39 heavy (non-hydrogen) atoms. The molecule has 0 fully saturated rings. The molecule has 0 saturated heterocycles. The number of nitrogens with zero attached hydrogens (tertiary/aromatic N) is 1. The number of nitrogens with one attached hydrogen (secondary N) is 1. The van der Waals surface area contributed by atoms with Crippen molar-refractivity contribution >= 4 is 18.0 Å². The molecule has 0 bridgehead atoms. The Hall–Kier alpha value is -4.37. The molecule has 0 heterocycles. The first kappa shape index (κ1) is 29.2. The van der Waals surface area contributed by atoms with Crippen molar-refractivity contribution in [2.24, 2.45) is 0 Å². The van der Waals surface area contributed by atoms with E-state index in [2.05, 4.69) is 5.43 Å². The smallest absolute Gasteiger partial charge is 0.425 e. The van der Waals surface area contributed by atoms with Crippen LogP contribution in [0.4, 0.5) is 4.79 Å². The maximum Gasteiger partial charge on any atom is 0.425 e. The third-order valence-electron chi connectivity index (χ3n) is 5.64. The van der Waals surface area contributed by atoms with Crippen LogP contribution in [0.2, 0.25) is 0 Å². The van der Waals surface area contributed by atoms with E-state index in [0.29, 0.717) is 23.5 Å². The Morgan fingerprint density at radius 3 is 1.95 bits per heavy atom. The van der Waals surface area contributed by atoms with Crippen molar-refractivity contribution < 1.29 is 34.1 Å². The Morgan fingerprint density at radius 2 is 1.38 bits per heavy atom. The number of carbonyl (C=O) groups excluding carboxylic acids is 1. The van der Waals surface area contributed by atoms with Crippen molar-refractivity contribution in [1.82, 2.24) is 10.4 Å². The van der Waals surface area contributed by atoms with Gasteiger partial charge in [-0.2, -0.15) is 0 Å². The zero-order chi connectivity index (χ0) is 28.4. The van der Waals surface area contributed by atoms with E-state index in [1.165, 1.54) is 0 Å². The molecular weight excluding hydrogens is 500 g/mol. The van der Waals surface area contributed by atoms with Crippen molar-refractivity contribution in [3.05, 3.63) is 102 Å². The molecule has 206 valence electrons. The number of ether oxygens (including phenoxy) is 2. The van der Waals surface area contributed by atoms with Crippen LogP contribution in [0.3, 0.4) is 0 Å². The highest BCUT2D eigenvalue weighted by Crippen LogP contribution is 2.19. The van der Waals surface area contributed by atoms with Gasteiger partial charge in [0.2, 0.25) is 0 Å². The predicted octanol–water partition coefficient (Wildman–Crippen LogP) is 4.70. The number of hydrogen-bond acceptors (Lipinski definition) is 6. The lowest BCUT2D eigenvalue weighted by Gasteiger charge is -2.33. The van der Waals surface area contributed by atoms with Crippen LogP contribution in [0.25, 0.3) is 0 Å². The minimum absolute atomic E-state index is 0.0468. The van der Waals surface area contributed by atoms with Crippen LogP contribution in [0.1, 0.15) is 37.5 Å². The summed E-state index contributed by atoms with van der Waals surface area (Å²) in [7, 11) is 0. The highest BCUT2D eigenvalue weighted by atomic mass is 16.6. The number of carboxylic acid groups (broad SMARTS) is 2. The molecule has 0 saturated carbocycles. The fourth-order valence-electron chi connectivity index (χ4n) is 3.80. The Balaban J connectivity index is 1.82. The van der Waals surface area contributed by atoms with Gasteiger partial charge >= 0.3 is 18.0 Å². The van der Waals surface area contributed by atoms with Gasteiger partial charge in [0.05, 0.1) is 0 Å². The maximum atomic E-state index is 13.1. The zero-order valence-corrected chi connectivity index (χ0v) is 22.2. The first-order valence-corrected chi connectivity index (χ1v) is 12.6. The SMILES string of the molecule is CC(C)(C)OC(=O)N(N[C@@H](Cc1cccc(OCc2ccccc2)c1)C(=O)O)[C@@H](Cc1ccccc1)C(=O)O. The maximum absolute atomic E-state index is 13.1. The van der Waals surface area contributed by atoms with Crippen LogP contribution in [-0.2, 0) is 33.8 Å². The van der Waals surface area contributed by atoms with E-state index in [9.17, 15) is 24.6 Å². The predicted molar refractivity (Wildman–Crippen MR) is 145 cm³/mol. The van der Waals surface area contributed by atoms with E-state index < -0.39 is 35.7 Å². The minimum atomic E-state index is -1.43. The van der Waals surface area contributed by atoms with Crippen LogP contribution in [0.15, 0.2) is 84.9 Å². The van der Waals surface area contributed by atoms with Crippen LogP contribution in [-0.4, -0.2) is 50.9 Å². The fraction of sp³-hybridized carbons (Fsp3) is 0.300. The third kappa shape index (κ3) is 9.46. The van der Waals surface area contributed by atoms with E-state index >= 15 is 0 Å². The van der Waals surface area contributed by atoms with Gasteiger partial charge in [-0.15, -0.1) is 0 Å². The Bertz CT molecular complexity index is 1240. The lowest BCUT2D eigenvalue weighted by Crippen LogP contribution is -2.59. The number of carboxylic acids is 2. The lowest BCUT2D eigenvalue weighted by atomic mass is 10.0. The molecule has 3 N–H and O–H groups in total. The monoisotopic (exact) mass is 534 g/mol. The highest BCUT2D eigenvalue weighted by molar-refractivity contribution is 5.81. The second-order valence-corrected chi connectivity index (χ2v) is 10.0. The Labute approximate surface area is 228 Å². The van der Waals surface area contributed by atoms with Gasteiger partial charge < -0.3 is 19.7 Å². The fourth-order valence-corrected chi connectivity index (χ4v) is 3.80. The summed E-state index contributed by atoms with van der Waals surface area (Å²) in [4.78, 5) is 37.7. The number of amides is 1. The van der Waals surface area contributed by atoms with Gasteiger partial charge in [-0.25, -0.2) is 20.0 Å². The summed E-state index contributed by atoms with van der Waals surface area (Å²) in [5.74, 6) is -2.02. The standard InChI is InChI=1S/C30H34N2O7/c1-30(2,3)39-29(37)32(26(28(35)36)19-21-11-6-4-7-12-21)31-25(27(33)34)18-23-15-10-16-24(17-23)38-20-22-13-8-5-9-14-22/h4-17,25-26,31H,18-20H2,1-3H3,(H,33,34)(H,35,36)/t25-,26-/m0/s1. The molecule has 2 atom stereocenters. The van der Waals surface area contributed by atoms with Crippen molar-refractivity contribution in [3.8, 4) is 5.75 Å². The van der Waals surface area contributed by atoms with E-state index in [-0.39, 0.29) is 12.8 Å². The molecule has 1 amide bonds. The number of rotatable bonds is 12. The minimum Gasteiger partial charge on any atom is -0.489 e. The first-order chi connectivity index (χ1) is 18.5. The van der Waals surface area contributed by atoms with E-state index in [1.54, 1.807) is 75.4 Å². The Kier molecular flexibility index (Phi) is 10.1. The van der Waals surface area contributed by atoms with E-state index in [0.717, 1.165) is 10.6 Å². The largest absolute Gasteiger partial charge is 0.489 e. The van der Waals surface area contributed by atoms with Gasteiger partial charge in [0.15, 0.2) is 6.04 Å². The molecule has 0 unspecified atom stereocenters. The van der Waals surface area contributed by atoms with E-state index in [4.69, 9.17) is 9.47 Å². The first-order valence-electron chi connectivity index (χ1n) is 12.6. The zero-order valence-electron chi connectivity index (χ0n) is 22.2. The summed E-state index contributed by atoms with van der Waals surface area (Å²) < 4.78 is 11.3. The molecular formula is C30H34N2O7. The van der Waals surface area contributed by atoms with Crippen molar-refractivity contribution in [2.75, 3.05) is 0 Å². The van der Waals surface area contributed by atoms with Crippen LogP contribution in [0.5, 0.6) is 5.75 Å². The third-order valence-corrected chi connectivity index (χ3v) is 5.64. The summed E-state index contributed by atoms with van der Waals surface area (Å²) in [6.07, 6.45) is -1.09. The van der Waals surface area contributed by atoms with Gasteiger partial charge in [-0.05, 0) is 49.6 Å². The average Bonchev–Trinajstić information content (AvgIpc) is 2.89. The molecule has 3 aromatic rings. The number of carbonyl (C=O) groups is 3.